The van der Waals surface area contributed by atoms with Crippen LogP contribution in [0.2, 0.25) is 0 Å². The van der Waals surface area contributed by atoms with Crippen molar-refractivity contribution in [2.24, 2.45) is 0 Å². The number of aryl methyl sites for hydroxylation is 8. The molecule has 0 bridgehead atoms. The standard InChI is InChI=1S/C108H96N6/c1-9-73-23-39-83(40-24-73)109(84-41-25-74(10-2)26-42-84)93-57-63-105-101(69-93)102-70-94(110(85-43-27-75(11-3)28-44-85)86-45-29-76(12-4)30-46-86)58-64-106(102)113(105)91-55-61-97-81(67-91)19-17-21-99(97)100-22-18-20-82-68-92(56-62-98(82)100)114-107-65-59-95(111(87-47-31-77(13-5)32-48-87)88-49-33-78(14-6)34-50-88)71-103(107)104-72-96(60-66-108(104)114)112(89-51-35-79(15-7)36-52-89)90-53-37-80(16-8)38-54-90/h17-72H,9-16H2,1-8H3. The molecular formula is C108H96N6. The lowest BCUT2D eigenvalue weighted by atomic mass is 9.93. The molecule has 0 spiro atoms. The zero-order valence-electron chi connectivity index (χ0n) is 66.7. The summed E-state index contributed by atoms with van der Waals surface area (Å²) in [6, 6.07) is 129. The van der Waals surface area contributed by atoms with Crippen LogP contribution in [0.5, 0.6) is 0 Å². The van der Waals surface area contributed by atoms with Crippen molar-refractivity contribution in [2.45, 2.75) is 107 Å². The van der Waals surface area contributed by atoms with Crippen molar-refractivity contribution in [3.8, 4) is 22.5 Å². The Morgan fingerprint density at radius 2 is 0.368 bits per heavy atom. The van der Waals surface area contributed by atoms with Gasteiger partial charge in [0, 0.05) is 101 Å². The third-order valence-electron chi connectivity index (χ3n) is 23.9. The number of fused-ring (bicyclic) bond motifs is 8. The first-order valence-electron chi connectivity index (χ1n) is 41.2. The molecule has 0 N–H and O–H groups in total. The molecule has 18 rings (SSSR count). The smallest absolute Gasteiger partial charge is 0.0542 e. The van der Waals surface area contributed by atoms with Gasteiger partial charge in [0.1, 0.15) is 0 Å². The van der Waals surface area contributed by atoms with E-state index in [2.05, 4.69) is 424 Å². The second-order valence-electron chi connectivity index (χ2n) is 30.4. The molecule has 18 aromatic rings. The Balaban J connectivity index is 0.774. The van der Waals surface area contributed by atoms with Gasteiger partial charge in [-0.25, -0.2) is 0 Å². The van der Waals surface area contributed by atoms with Crippen LogP contribution in [0.25, 0.3) is 87.7 Å². The van der Waals surface area contributed by atoms with Gasteiger partial charge >= 0.3 is 0 Å². The Bertz CT molecular complexity index is 5620. The molecule has 2 heterocycles. The quantitative estimate of drug-likeness (QED) is 0.0637. The van der Waals surface area contributed by atoms with Gasteiger partial charge < -0.3 is 28.7 Å². The van der Waals surface area contributed by atoms with Gasteiger partial charge in [0.25, 0.3) is 0 Å². The summed E-state index contributed by atoms with van der Waals surface area (Å²) in [5.41, 5.74) is 33.1. The number of nitrogens with zero attached hydrogens (tertiary/aromatic N) is 6. The van der Waals surface area contributed by atoms with Gasteiger partial charge in [-0.05, 0) is 323 Å². The maximum absolute atomic E-state index is 2.49. The van der Waals surface area contributed by atoms with Crippen LogP contribution in [0.15, 0.2) is 340 Å². The Kier molecular flexibility index (Phi) is 19.8. The maximum Gasteiger partial charge on any atom is 0.0542 e. The molecule has 0 unspecified atom stereocenters. The minimum Gasteiger partial charge on any atom is -0.310 e. The van der Waals surface area contributed by atoms with Gasteiger partial charge in [0.2, 0.25) is 0 Å². The lowest BCUT2D eigenvalue weighted by Crippen LogP contribution is -2.10. The van der Waals surface area contributed by atoms with Crippen LogP contribution in [0.1, 0.15) is 99.9 Å². The Labute approximate surface area is 671 Å². The van der Waals surface area contributed by atoms with Crippen molar-refractivity contribution in [1.82, 2.24) is 9.13 Å². The highest BCUT2D eigenvalue weighted by Crippen LogP contribution is 2.48. The van der Waals surface area contributed by atoms with Crippen molar-refractivity contribution in [2.75, 3.05) is 19.6 Å². The SMILES string of the molecule is CCc1ccc(N(c2ccc(CC)cc2)c2ccc3c(c2)c2cc(N(c4ccc(CC)cc4)c4ccc(CC)cc4)ccc2n3-c2ccc3c(-c4cccc5cc(-n6c7ccc(N(c8ccc(CC)cc8)c8ccc(CC)cc8)cc7c7cc(N(c8ccc(CC)cc8)c8ccc(CC)cc8)ccc76)ccc45)cccc3c2)cc1. The Morgan fingerprint density at radius 3 is 0.561 bits per heavy atom. The van der Waals surface area contributed by atoms with Crippen molar-refractivity contribution < 1.29 is 0 Å². The fourth-order valence-electron chi connectivity index (χ4n) is 17.2. The highest BCUT2D eigenvalue weighted by Gasteiger charge is 2.25. The monoisotopic (exact) mass is 1480 g/mol. The highest BCUT2D eigenvalue weighted by molar-refractivity contribution is 6.15. The van der Waals surface area contributed by atoms with Gasteiger partial charge in [0.05, 0.1) is 22.1 Å². The third kappa shape index (κ3) is 13.5. The molecule has 558 valence electrons. The second-order valence-corrected chi connectivity index (χ2v) is 30.4. The largest absolute Gasteiger partial charge is 0.310 e. The predicted octanol–water partition coefficient (Wildman–Crippen LogP) is 30.2. The molecule has 2 aromatic heterocycles. The lowest BCUT2D eigenvalue weighted by Gasteiger charge is -2.26. The number of rotatable bonds is 23. The van der Waals surface area contributed by atoms with E-state index in [1.807, 2.05) is 0 Å². The van der Waals surface area contributed by atoms with Crippen LogP contribution in [0.3, 0.4) is 0 Å². The van der Waals surface area contributed by atoms with E-state index in [4.69, 9.17) is 0 Å². The molecular weight excluding hydrogens is 1380 g/mol. The van der Waals surface area contributed by atoms with E-state index in [0.29, 0.717) is 0 Å². The zero-order valence-corrected chi connectivity index (χ0v) is 66.7. The molecule has 6 nitrogen and oxygen atoms in total. The van der Waals surface area contributed by atoms with Crippen LogP contribution in [-0.2, 0) is 51.4 Å². The Morgan fingerprint density at radius 1 is 0.175 bits per heavy atom. The molecule has 0 aliphatic rings. The summed E-state index contributed by atoms with van der Waals surface area (Å²) in [5, 5.41) is 9.44. The van der Waals surface area contributed by atoms with E-state index in [0.717, 1.165) is 153 Å². The summed E-state index contributed by atoms with van der Waals surface area (Å²) in [5.74, 6) is 0. The van der Waals surface area contributed by atoms with Gasteiger partial charge in [-0.1, -0.05) is 201 Å². The van der Waals surface area contributed by atoms with Crippen molar-refractivity contribution >= 4 is 133 Å². The second kappa shape index (κ2) is 31.2. The number of anilines is 12. The predicted molar refractivity (Wildman–Crippen MR) is 489 cm³/mol. The molecule has 6 heteroatoms. The summed E-state index contributed by atoms with van der Waals surface area (Å²) in [4.78, 5) is 9.69. The summed E-state index contributed by atoms with van der Waals surface area (Å²) < 4.78 is 4.98. The molecule has 0 amide bonds. The maximum atomic E-state index is 2.49. The molecule has 0 aliphatic heterocycles. The summed E-state index contributed by atoms with van der Waals surface area (Å²) in [7, 11) is 0. The van der Waals surface area contributed by atoms with E-state index in [1.54, 1.807) is 0 Å². The van der Waals surface area contributed by atoms with Crippen molar-refractivity contribution in [1.29, 1.82) is 0 Å². The summed E-state index contributed by atoms with van der Waals surface area (Å²) in [6.45, 7) is 17.8. The summed E-state index contributed by atoms with van der Waals surface area (Å²) in [6.07, 6.45) is 7.84. The number of aromatic nitrogens is 2. The first-order chi connectivity index (χ1) is 56.1. The average molecular weight is 1480 g/mol. The average Bonchev–Trinajstić information content (AvgIpc) is 1.57. The molecule has 0 aliphatic carbocycles. The van der Waals surface area contributed by atoms with Crippen LogP contribution in [0.4, 0.5) is 68.2 Å². The fourth-order valence-corrected chi connectivity index (χ4v) is 17.2. The molecule has 114 heavy (non-hydrogen) atoms. The number of benzene rings is 16. The van der Waals surface area contributed by atoms with Crippen molar-refractivity contribution in [3.63, 3.8) is 0 Å². The molecule has 0 saturated carbocycles. The number of hydrogen-bond donors (Lipinski definition) is 0. The van der Waals surface area contributed by atoms with E-state index >= 15 is 0 Å². The van der Waals surface area contributed by atoms with E-state index in [9.17, 15) is 0 Å². The van der Waals surface area contributed by atoms with Crippen LogP contribution in [0, 0.1) is 0 Å². The first-order valence-corrected chi connectivity index (χ1v) is 41.2. The molecule has 0 saturated heterocycles. The number of hydrogen-bond acceptors (Lipinski definition) is 4. The molecule has 0 fully saturated rings. The van der Waals surface area contributed by atoms with Gasteiger partial charge in [-0.3, -0.25) is 0 Å². The summed E-state index contributed by atoms with van der Waals surface area (Å²) >= 11 is 0. The van der Waals surface area contributed by atoms with E-state index < -0.39 is 0 Å². The van der Waals surface area contributed by atoms with Gasteiger partial charge in [0.15, 0.2) is 0 Å². The molecule has 16 aromatic carbocycles. The van der Waals surface area contributed by atoms with Gasteiger partial charge in [-0.15, -0.1) is 0 Å². The van der Waals surface area contributed by atoms with Crippen molar-refractivity contribution in [3.05, 3.63) is 384 Å². The molecule has 0 radical (unpaired) electrons. The minimum absolute atomic E-state index is 0.980. The zero-order chi connectivity index (χ0) is 77.5. The Hall–Kier alpha value is -13.2. The minimum atomic E-state index is 0.980. The van der Waals surface area contributed by atoms with Crippen LogP contribution >= 0.6 is 0 Å². The van der Waals surface area contributed by atoms with E-state index in [-0.39, 0.29) is 0 Å². The first kappa shape index (κ1) is 72.4. The fraction of sp³-hybridized carbons (Fsp3) is 0.148. The molecule has 0 atom stereocenters. The third-order valence-corrected chi connectivity index (χ3v) is 23.9. The lowest BCUT2D eigenvalue weighted by molar-refractivity contribution is 1.13. The van der Waals surface area contributed by atoms with E-state index in [1.165, 1.54) is 98.7 Å². The highest BCUT2D eigenvalue weighted by atomic mass is 15.2. The normalized spacial score (nSPS) is 11.6. The topological polar surface area (TPSA) is 22.8 Å². The van der Waals surface area contributed by atoms with Gasteiger partial charge in [-0.2, -0.15) is 0 Å². The van der Waals surface area contributed by atoms with Crippen LogP contribution in [-0.4, -0.2) is 9.13 Å². The van der Waals surface area contributed by atoms with Crippen LogP contribution < -0.4 is 19.6 Å².